The van der Waals surface area contributed by atoms with Crippen LogP contribution >= 0.6 is 0 Å². The van der Waals surface area contributed by atoms with Crippen LogP contribution in [0.4, 0.5) is 13.2 Å². The normalized spacial score (nSPS) is 12.3. The predicted molar refractivity (Wildman–Crippen MR) is 122 cm³/mol. The molecule has 31 heavy (non-hydrogen) atoms. The van der Waals surface area contributed by atoms with Gasteiger partial charge in [-0.05, 0) is 56.2 Å². The fraction of sp³-hybridized carbons (Fsp3) is 0.615. The summed E-state index contributed by atoms with van der Waals surface area (Å²) in [4.78, 5) is 8.44. The van der Waals surface area contributed by atoms with E-state index in [1.165, 1.54) is 32.1 Å². The molecule has 0 saturated heterocycles. The zero-order valence-corrected chi connectivity index (χ0v) is 19.1. The number of rotatable bonds is 15. The SMILES string of the molecule is CCCCCCCCCCc1ccc(-c2ncc(CCCCC(C)F)cn2)c(F)c1F. The minimum absolute atomic E-state index is 0.0926. The highest BCUT2D eigenvalue weighted by Gasteiger charge is 2.16. The first-order valence-corrected chi connectivity index (χ1v) is 11.9. The first-order chi connectivity index (χ1) is 15.0. The van der Waals surface area contributed by atoms with Gasteiger partial charge in [0, 0.05) is 12.4 Å². The summed E-state index contributed by atoms with van der Waals surface area (Å²) in [6.07, 6.45) is 15.4. The fourth-order valence-electron chi connectivity index (χ4n) is 3.78. The number of alkyl halides is 1. The van der Waals surface area contributed by atoms with Gasteiger partial charge in [0.15, 0.2) is 17.5 Å². The zero-order valence-electron chi connectivity index (χ0n) is 19.1. The zero-order chi connectivity index (χ0) is 22.5. The summed E-state index contributed by atoms with van der Waals surface area (Å²) >= 11 is 0. The number of hydrogen-bond donors (Lipinski definition) is 0. The Bertz CT molecular complexity index is 760. The molecule has 172 valence electrons. The van der Waals surface area contributed by atoms with Crippen LogP contribution < -0.4 is 0 Å². The lowest BCUT2D eigenvalue weighted by Gasteiger charge is -2.09. The Labute approximate surface area is 185 Å². The predicted octanol–water partition coefficient (Wildman–Crippen LogP) is 8.18. The summed E-state index contributed by atoms with van der Waals surface area (Å²) in [6, 6.07) is 3.24. The summed E-state index contributed by atoms with van der Waals surface area (Å²) in [5.74, 6) is -1.47. The van der Waals surface area contributed by atoms with Crippen molar-refractivity contribution in [3.05, 3.63) is 47.3 Å². The molecular formula is C26H37F3N2. The summed E-state index contributed by atoms with van der Waals surface area (Å²) in [5, 5.41) is 0. The maximum atomic E-state index is 14.6. The average molecular weight is 435 g/mol. The molecule has 0 aliphatic rings. The number of halogens is 3. The molecule has 2 aromatic rings. The summed E-state index contributed by atoms with van der Waals surface area (Å²) in [5.41, 5.74) is 1.43. The third-order valence-corrected chi connectivity index (χ3v) is 5.73. The van der Waals surface area contributed by atoms with E-state index >= 15 is 0 Å². The van der Waals surface area contributed by atoms with Gasteiger partial charge in [-0.15, -0.1) is 0 Å². The Morgan fingerprint density at radius 3 is 2.03 bits per heavy atom. The van der Waals surface area contributed by atoms with Gasteiger partial charge in [-0.1, -0.05) is 64.4 Å². The van der Waals surface area contributed by atoms with Gasteiger partial charge < -0.3 is 0 Å². The fourth-order valence-corrected chi connectivity index (χ4v) is 3.78. The molecule has 0 bridgehead atoms. The summed E-state index contributed by atoms with van der Waals surface area (Å²) < 4.78 is 42.0. The van der Waals surface area contributed by atoms with Crippen molar-refractivity contribution in [3.8, 4) is 11.4 Å². The summed E-state index contributed by atoms with van der Waals surface area (Å²) in [7, 11) is 0. The molecule has 0 N–H and O–H groups in total. The molecule has 1 aromatic heterocycles. The monoisotopic (exact) mass is 434 g/mol. The molecule has 0 aliphatic carbocycles. The minimum Gasteiger partial charge on any atom is -0.248 e. The van der Waals surface area contributed by atoms with Gasteiger partial charge >= 0.3 is 0 Å². The van der Waals surface area contributed by atoms with Crippen molar-refractivity contribution in [3.63, 3.8) is 0 Å². The lowest BCUT2D eigenvalue weighted by Crippen LogP contribution is -2.01. The van der Waals surface area contributed by atoms with Crippen molar-refractivity contribution in [2.24, 2.45) is 0 Å². The minimum atomic E-state index is -0.873. The molecule has 1 aromatic carbocycles. The average Bonchev–Trinajstić information content (AvgIpc) is 2.76. The van der Waals surface area contributed by atoms with E-state index in [2.05, 4.69) is 16.9 Å². The van der Waals surface area contributed by atoms with Crippen LogP contribution in [0, 0.1) is 11.6 Å². The van der Waals surface area contributed by atoms with Gasteiger partial charge in [-0.3, -0.25) is 0 Å². The number of hydrogen-bond acceptors (Lipinski definition) is 2. The van der Waals surface area contributed by atoms with Crippen molar-refractivity contribution >= 4 is 0 Å². The van der Waals surface area contributed by atoms with Crippen LogP contribution in [0.15, 0.2) is 24.5 Å². The number of nitrogens with zero attached hydrogens (tertiary/aromatic N) is 2. The van der Waals surface area contributed by atoms with Crippen molar-refractivity contribution in [2.45, 2.75) is 103 Å². The van der Waals surface area contributed by atoms with E-state index < -0.39 is 17.8 Å². The molecule has 5 heteroatoms. The van der Waals surface area contributed by atoms with Gasteiger partial charge in [0.05, 0.1) is 11.7 Å². The second kappa shape index (κ2) is 14.2. The van der Waals surface area contributed by atoms with Crippen LogP contribution in [0.3, 0.4) is 0 Å². The second-order valence-corrected chi connectivity index (χ2v) is 8.57. The van der Waals surface area contributed by atoms with Crippen molar-refractivity contribution in [1.82, 2.24) is 9.97 Å². The van der Waals surface area contributed by atoms with Gasteiger partial charge in [-0.2, -0.15) is 0 Å². The van der Waals surface area contributed by atoms with Crippen LogP contribution in [-0.4, -0.2) is 16.1 Å². The molecule has 0 amide bonds. The quantitative estimate of drug-likeness (QED) is 0.264. The third-order valence-electron chi connectivity index (χ3n) is 5.73. The van der Waals surface area contributed by atoms with Crippen LogP contribution in [0.5, 0.6) is 0 Å². The lowest BCUT2D eigenvalue weighted by atomic mass is 10.0. The Kier molecular flexibility index (Phi) is 11.6. The molecule has 0 spiro atoms. The Morgan fingerprint density at radius 2 is 1.39 bits per heavy atom. The maximum Gasteiger partial charge on any atom is 0.170 e. The third kappa shape index (κ3) is 9.00. The van der Waals surface area contributed by atoms with Crippen molar-refractivity contribution in [2.75, 3.05) is 0 Å². The Hall–Kier alpha value is -1.91. The Balaban J connectivity index is 1.84. The topological polar surface area (TPSA) is 25.8 Å². The molecule has 0 radical (unpaired) electrons. The number of aromatic nitrogens is 2. The van der Waals surface area contributed by atoms with Crippen LogP contribution in [0.2, 0.25) is 0 Å². The van der Waals surface area contributed by atoms with Crippen LogP contribution in [0.1, 0.15) is 95.6 Å². The largest absolute Gasteiger partial charge is 0.248 e. The maximum absolute atomic E-state index is 14.6. The van der Waals surface area contributed by atoms with Gasteiger partial charge in [-0.25, -0.2) is 23.1 Å². The molecule has 1 atom stereocenters. The molecule has 2 nitrogen and oxygen atoms in total. The van der Waals surface area contributed by atoms with E-state index in [9.17, 15) is 13.2 Å². The van der Waals surface area contributed by atoms with E-state index in [1.807, 2.05) is 0 Å². The first-order valence-electron chi connectivity index (χ1n) is 11.9. The molecule has 0 aliphatic heterocycles. The molecule has 1 heterocycles. The highest BCUT2D eigenvalue weighted by atomic mass is 19.2. The van der Waals surface area contributed by atoms with Crippen molar-refractivity contribution in [1.29, 1.82) is 0 Å². The van der Waals surface area contributed by atoms with Crippen LogP contribution in [-0.2, 0) is 12.8 Å². The molecule has 0 fully saturated rings. The molecule has 2 rings (SSSR count). The number of unbranched alkanes of at least 4 members (excludes halogenated alkanes) is 8. The first kappa shape index (κ1) is 25.4. The van der Waals surface area contributed by atoms with E-state index in [4.69, 9.17) is 0 Å². The molecule has 1 unspecified atom stereocenters. The van der Waals surface area contributed by atoms with Gasteiger partial charge in [0.2, 0.25) is 0 Å². The van der Waals surface area contributed by atoms with Crippen molar-refractivity contribution < 1.29 is 13.2 Å². The highest BCUT2D eigenvalue weighted by molar-refractivity contribution is 5.56. The van der Waals surface area contributed by atoms with Crippen LogP contribution in [0.25, 0.3) is 11.4 Å². The van der Waals surface area contributed by atoms with Gasteiger partial charge in [0.1, 0.15) is 0 Å². The standard InChI is InChI=1S/C26H37F3N2/c1-3-4-5-6-7-8-9-10-15-22-16-17-23(25(29)24(22)28)26-30-18-21(19-31-26)14-12-11-13-20(2)27/h16-20H,3-15H2,1-2H3. The van der Waals surface area contributed by atoms with E-state index in [0.29, 0.717) is 18.4 Å². The number of benzene rings is 1. The highest BCUT2D eigenvalue weighted by Crippen LogP contribution is 2.25. The lowest BCUT2D eigenvalue weighted by molar-refractivity contribution is 0.331. The molecule has 0 saturated carbocycles. The number of aryl methyl sites for hydroxylation is 2. The smallest absolute Gasteiger partial charge is 0.170 e. The van der Waals surface area contributed by atoms with E-state index in [1.54, 1.807) is 31.5 Å². The molecular weight excluding hydrogens is 397 g/mol. The van der Waals surface area contributed by atoms with E-state index in [-0.39, 0.29) is 11.4 Å². The summed E-state index contributed by atoms with van der Waals surface area (Å²) in [6.45, 7) is 3.77. The second-order valence-electron chi connectivity index (χ2n) is 8.57. The van der Waals surface area contributed by atoms with E-state index in [0.717, 1.165) is 44.1 Å². The van der Waals surface area contributed by atoms with Gasteiger partial charge in [0.25, 0.3) is 0 Å². The Morgan fingerprint density at radius 1 is 0.774 bits per heavy atom.